The molecule has 1 aliphatic heterocycles. The van der Waals surface area contributed by atoms with Crippen LogP contribution in [0.4, 0.5) is 17.1 Å². The van der Waals surface area contributed by atoms with Gasteiger partial charge in [-0.25, -0.2) is 0 Å². The Morgan fingerprint density at radius 2 is 0.921 bits per heavy atom. The SMILES string of the molecule is [2H]c1c([2H])c([2H])c(-c2cccc(-c3c([2H])c([2H])c([2H])c([2H])c3[2H])c2-c2ccc3c(c2)c2ccccc2n3-c2ccc3c(c2)C(c2ccccc2)(c2ccccc2)c2ccccc2N3c2c([2H])c([2H])c([2H])c([2H])c2[2H])c([2H])c1[2H]. The number of nitrogens with zero attached hydrogens (tertiary/aromatic N) is 2. The van der Waals surface area contributed by atoms with Crippen molar-refractivity contribution in [1.29, 1.82) is 0 Å². The highest BCUT2D eigenvalue weighted by Crippen LogP contribution is 2.58. The van der Waals surface area contributed by atoms with Gasteiger partial charge in [0, 0.05) is 22.1 Å². The van der Waals surface area contributed by atoms with E-state index in [2.05, 4.69) is 34.9 Å². The standard InChI is InChI=1S/C61H42N2/c1-6-21-43(22-7-1)50-32-20-33-51(44-23-8-2-9-24-44)60(50)45-37-39-57-53(41-45)52-31-16-18-35-56(52)63(57)49-38-40-59-55(42-49)61(46-25-10-3-11-26-46,47-27-12-4-13-28-47)54-34-17-19-36-58(54)62(59)48-29-14-5-15-30-48/h1-42H/i1D,2D,5D,6D,7D,8D,9D,14D,15D,21D,22D,23D,24D,29D,30D. The van der Waals surface area contributed by atoms with Crippen LogP contribution in [0.1, 0.15) is 42.8 Å². The summed E-state index contributed by atoms with van der Waals surface area (Å²) in [6.07, 6.45) is 0. The molecule has 0 aliphatic carbocycles. The van der Waals surface area contributed by atoms with Crippen LogP contribution >= 0.6 is 0 Å². The Morgan fingerprint density at radius 3 is 1.59 bits per heavy atom. The van der Waals surface area contributed by atoms with Gasteiger partial charge in [0.05, 0.1) is 48.4 Å². The first-order valence-electron chi connectivity index (χ1n) is 28.0. The van der Waals surface area contributed by atoms with Crippen molar-refractivity contribution in [3.05, 3.63) is 277 Å². The van der Waals surface area contributed by atoms with Gasteiger partial charge in [0.2, 0.25) is 0 Å². The second-order valence-corrected chi connectivity index (χ2v) is 15.3. The maximum Gasteiger partial charge on any atom is 0.0743 e. The van der Waals surface area contributed by atoms with E-state index in [9.17, 15) is 2.74 Å². The van der Waals surface area contributed by atoms with Crippen LogP contribution < -0.4 is 4.90 Å². The lowest BCUT2D eigenvalue weighted by Crippen LogP contribution is -2.37. The molecule has 10 aromatic carbocycles. The minimum Gasteiger partial charge on any atom is -0.310 e. The van der Waals surface area contributed by atoms with Gasteiger partial charge < -0.3 is 9.47 Å². The van der Waals surface area contributed by atoms with Crippen LogP contribution in [0.3, 0.4) is 0 Å². The molecule has 2 heterocycles. The minimum absolute atomic E-state index is 0.00607. The van der Waals surface area contributed by atoms with Crippen molar-refractivity contribution in [3.8, 4) is 39.1 Å². The second kappa shape index (κ2) is 15.1. The molecular formula is C61H42N2. The Hall–Kier alpha value is -8.20. The molecule has 2 heteroatoms. The van der Waals surface area contributed by atoms with Crippen molar-refractivity contribution >= 4 is 38.9 Å². The van der Waals surface area contributed by atoms with Crippen LogP contribution in [-0.2, 0) is 5.41 Å². The summed E-state index contributed by atoms with van der Waals surface area (Å²) in [6, 6.07) is 44.7. The minimum atomic E-state index is -1.05. The molecule has 0 saturated heterocycles. The van der Waals surface area contributed by atoms with Gasteiger partial charge in [0.25, 0.3) is 0 Å². The molecule has 0 radical (unpaired) electrons. The lowest BCUT2D eigenvalue weighted by Gasteiger charge is -2.46. The number of anilines is 3. The molecule has 0 N–H and O–H groups in total. The maximum absolute atomic E-state index is 9.31. The molecule has 63 heavy (non-hydrogen) atoms. The Balaban J connectivity index is 1.17. The molecule has 0 amide bonds. The lowest BCUT2D eigenvalue weighted by molar-refractivity contribution is 0.730. The van der Waals surface area contributed by atoms with Crippen molar-refractivity contribution in [2.24, 2.45) is 0 Å². The van der Waals surface area contributed by atoms with E-state index in [0.29, 0.717) is 22.6 Å². The van der Waals surface area contributed by atoms with Gasteiger partial charge in [0.1, 0.15) is 0 Å². The number of aromatic nitrogens is 1. The number of hydrogen-bond acceptors (Lipinski definition) is 1. The van der Waals surface area contributed by atoms with E-state index in [1.807, 2.05) is 115 Å². The van der Waals surface area contributed by atoms with Gasteiger partial charge in [-0.15, -0.1) is 0 Å². The molecule has 12 rings (SSSR count). The molecule has 0 saturated carbocycles. The molecule has 11 aromatic rings. The quantitative estimate of drug-likeness (QED) is 0.156. The third kappa shape index (κ3) is 5.80. The average Bonchev–Trinajstić information content (AvgIpc) is 3.61. The van der Waals surface area contributed by atoms with Crippen molar-refractivity contribution in [2.45, 2.75) is 5.41 Å². The Bertz CT molecular complexity index is 4130. The Labute approximate surface area is 389 Å². The Morgan fingerprint density at radius 1 is 0.365 bits per heavy atom. The van der Waals surface area contributed by atoms with E-state index in [0.717, 1.165) is 44.1 Å². The van der Waals surface area contributed by atoms with Crippen LogP contribution in [0.5, 0.6) is 0 Å². The molecule has 0 atom stereocenters. The van der Waals surface area contributed by atoms with Gasteiger partial charge in [0.15, 0.2) is 0 Å². The van der Waals surface area contributed by atoms with E-state index < -0.39 is 84.0 Å². The number of fused-ring (bicyclic) bond motifs is 5. The summed E-state index contributed by atoms with van der Waals surface area (Å²) in [5, 5.41) is 1.53. The zero-order valence-electron chi connectivity index (χ0n) is 48.5. The molecule has 0 spiro atoms. The van der Waals surface area contributed by atoms with E-state index in [1.165, 1.54) is 0 Å². The molecule has 296 valence electrons. The van der Waals surface area contributed by atoms with Gasteiger partial charge in [-0.3, -0.25) is 0 Å². The van der Waals surface area contributed by atoms with Gasteiger partial charge in [-0.1, -0.05) is 200 Å². The molecule has 2 nitrogen and oxygen atoms in total. The summed E-state index contributed by atoms with van der Waals surface area (Å²) in [7, 11) is 0. The normalized spacial score (nSPS) is 16.2. The fourth-order valence-electron chi connectivity index (χ4n) is 9.64. The first-order valence-corrected chi connectivity index (χ1v) is 20.5. The summed E-state index contributed by atoms with van der Waals surface area (Å²) in [6.45, 7) is 0. The fraction of sp³-hybridized carbons (Fsp3) is 0.0164. The van der Waals surface area contributed by atoms with Gasteiger partial charge in [-0.2, -0.15) is 0 Å². The van der Waals surface area contributed by atoms with E-state index >= 15 is 0 Å². The number of rotatable bonds is 7. The molecule has 1 aliphatic rings. The van der Waals surface area contributed by atoms with E-state index in [1.54, 1.807) is 23.1 Å². The first kappa shape index (κ1) is 24.3. The van der Waals surface area contributed by atoms with Crippen molar-refractivity contribution in [1.82, 2.24) is 4.57 Å². The predicted molar refractivity (Wildman–Crippen MR) is 264 cm³/mol. The Kier molecular flexibility index (Phi) is 5.81. The number of hydrogen-bond donors (Lipinski definition) is 0. The molecule has 0 fully saturated rings. The summed E-state index contributed by atoms with van der Waals surface area (Å²) in [5.74, 6) is 0. The van der Waals surface area contributed by atoms with Crippen LogP contribution in [0.2, 0.25) is 0 Å². The first-order chi connectivity index (χ1) is 37.5. The van der Waals surface area contributed by atoms with E-state index in [-0.39, 0.29) is 45.6 Å². The lowest BCUT2D eigenvalue weighted by atomic mass is 9.62. The van der Waals surface area contributed by atoms with Gasteiger partial charge in [-0.05, 0) is 110 Å². The zero-order chi connectivity index (χ0) is 54.8. The van der Waals surface area contributed by atoms with Crippen molar-refractivity contribution < 1.29 is 20.6 Å². The summed E-state index contributed by atoms with van der Waals surface area (Å²) in [4.78, 5) is 1.77. The van der Waals surface area contributed by atoms with Gasteiger partial charge >= 0.3 is 0 Å². The third-order valence-corrected chi connectivity index (χ3v) is 12.1. The van der Waals surface area contributed by atoms with Crippen molar-refractivity contribution in [3.63, 3.8) is 0 Å². The summed E-state index contributed by atoms with van der Waals surface area (Å²) < 4.78 is 135. The summed E-state index contributed by atoms with van der Waals surface area (Å²) >= 11 is 0. The van der Waals surface area contributed by atoms with Crippen LogP contribution in [0, 0.1) is 0 Å². The largest absolute Gasteiger partial charge is 0.310 e. The topological polar surface area (TPSA) is 8.17 Å². The highest BCUT2D eigenvalue weighted by molar-refractivity contribution is 6.11. The van der Waals surface area contributed by atoms with Crippen molar-refractivity contribution in [2.75, 3.05) is 4.90 Å². The molecule has 0 bridgehead atoms. The van der Waals surface area contributed by atoms with E-state index in [4.69, 9.17) is 17.8 Å². The molecular weight excluding hydrogens is 761 g/mol. The molecule has 0 unspecified atom stereocenters. The number of para-hydroxylation sites is 3. The fourth-order valence-corrected chi connectivity index (χ4v) is 9.64. The molecule has 1 aromatic heterocycles. The third-order valence-electron chi connectivity index (χ3n) is 12.1. The predicted octanol–water partition coefficient (Wildman–Crippen LogP) is 16.0. The monoisotopic (exact) mass is 817 g/mol. The smallest absolute Gasteiger partial charge is 0.0743 e. The van der Waals surface area contributed by atoms with Crippen LogP contribution in [0.15, 0.2) is 254 Å². The summed E-state index contributed by atoms with van der Waals surface area (Å²) in [5.41, 5.74) is 6.66. The highest BCUT2D eigenvalue weighted by atomic mass is 15.2. The highest BCUT2D eigenvalue weighted by Gasteiger charge is 2.46. The van der Waals surface area contributed by atoms with Crippen LogP contribution in [0.25, 0.3) is 60.9 Å². The average molecular weight is 818 g/mol. The van der Waals surface area contributed by atoms with Crippen LogP contribution in [-0.4, -0.2) is 4.57 Å². The maximum atomic E-state index is 9.31. The zero-order valence-corrected chi connectivity index (χ0v) is 33.5. The number of benzene rings is 10. The second-order valence-electron chi connectivity index (χ2n) is 15.3.